The fourth-order valence-corrected chi connectivity index (χ4v) is 6.89. The number of nitrogens with one attached hydrogen (secondary N) is 2. The molecule has 1 fully saturated rings. The number of alkyl halides is 3. The van der Waals surface area contributed by atoms with Crippen LogP contribution in [-0.2, 0) is 22.6 Å². The molecule has 0 unspecified atom stereocenters. The van der Waals surface area contributed by atoms with Gasteiger partial charge in [0.2, 0.25) is 0 Å². The second kappa shape index (κ2) is 9.94. The molecule has 1 saturated heterocycles. The zero-order valence-corrected chi connectivity index (χ0v) is 21.3. The van der Waals surface area contributed by atoms with Gasteiger partial charge < -0.3 is 10.1 Å². The normalized spacial score (nSPS) is 18.1. The Morgan fingerprint density at radius 3 is 2.69 bits per heavy atom. The molecule has 190 valence electrons. The van der Waals surface area contributed by atoms with E-state index in [1.54, 1.807) is 31.2 Å². The molecule has 2 aromatic carbocycles. The molecular weight excluding hydrogens is 535 g/mol. The van der Waals surface area contributed by atoms with E-state index in [9.17, 15) is 21.6 Å². The Labute approximate surface area is 215 Å². The maximum Gasteiger partial charge on any atom is 0.419 e. The maximum atomic E-state index is 13.6. The fourth-order valence-electron chi connectivity index (χ4n) is 3.94. The summed E-state index contributed by atoms with van der Waals surface area (Å²) in [6, 6.07) is 13.3. The molecule has 1 aliphatic rings. The highest BCUT2D eigenvalue weighted by Gasteiger charge is 2.38. The second-order valence-corrected chi connectivity index (χ2v) is 12.1. The monoisotopic (exact) mass is 555 g/mol. The van der Waals surface area contributed by atoms with Crippen LogP contribution in [0.4, 0.5) is 18.9 Å². The minimum Gasteiger partial charge on any atom is -0.485 e. The molecule has 0 saturated carbocycles. The Balaban J connectivity index is 1.70. The number of ether oxygens (including phenoxy) is 1. The molecular formula is C24H21ClF3N3O3S2. The zero-order chi connectivity index (χ0) is 26.1. The van der Waals surface area contributed by atoms with Gasteiger partial charge in [0.15, 0.2) is 0 Å². The molecule has 6 nitrogen and oxygen atoms in total. The molecule has 0 amide bonds. The van der Waals surface area contributed by atoms with Crippen molar-refractivity contribution in [2.75, 3.05) is 17.8 Å². The molecule has 1 aliphatic heterocycles. The van der Waals surface area contributed by atoms with Crippen molar-refractivity contribution in [3.63, 3.8) is 0 Å². The first-order valence-electron chi connectivity index (χ1n) is 10.8. The number of hydrogen-bond donors (Lipinski definition) is 2. The van der Waals surface area contributed by atoms with Gasteiger partial charge in [0.05, 0.1) is 28.1 Å². The van der Waals surface area contributed by atoms with Gasteiger partial charge in [-0.3, -0.25) is 4.72 Å². The molecule has 3 aromatic rings. The lowest BCUT2D eigenvalue weighted by molar-refractivity contribution is -0.139. The molecule has 1 atom stereocenters. The minimum atomic E-state index is -4.68. The number of halogens is 4. The topological polar surface area (TPSA) is 91.2 Å². The molecule has 0 spiro atoms. The second-order valence-electron chi connectivity index (χ2n) is 8.58. The highest BCUT2D eigenvalue weighted by Crippen LogP contribution is 2.42. The van der Waals surface area contributed by atoms with Crippen molar-refractivity contribution in [1.82, 2.24) is 5.32 Å². The predicted molar refractivity (Wildman–Crippen MR) is 133 cm³/mol. The Bertz CT molecular complexity index is 1430. The van der Waals surface area contributed by atoms with Gasteiger partial charge in [0.1, 0.15) is 15.6 Å². The molecule has 1 aromatic heterocycles. The number of nitrogens with zero attached hydrogens (tertiary/aromatic N) is 1. The average molecular weight is 556 g/mol. The summed E-state index contributed by atoms with van der Waals surface area (Å²) in [4.78, 5) is 0. The van der Waals surface area contributed by atoms with Gasteiger partial charge >= 0.3 is 6.18 Å². The Kier molecular flexibility index (Phi) is 7.26. The van der Waals surface area contributed by atoms with Crippen molar-refractivity contribution in [3.05, 3.63) is 64.0 Å². The number of thiophene rings is 1. The molecule has 36 heavy (non-hydrogen) atoms. The van der Waals surface area contributed by atoms with E-state index in [2.05, 4.69) is 10.0 Å². The van der Waals surface area contributed by atoms with Gasteiger partial charge in [-0.25, -0.2) is 8.42 Å². The van der Waals surface area contributed by atoms with E-state index in [-0.39, 0.29) is 20.7 Å². The average Bonchev–Trinajstić information content (AvgIpc) is 3.39. The molecule has 2 N–H and O–H groups in total. The highest BCUT2D eigenvalue weighted by atomic mass is 35.5. The largest absolute Gasteiger partial charge is 0.485 e. The Hall–Kier alpha value is -2.78. The number of benzene rings is 2. The van der Waals surface area contributed by atoms with Crippen LogP contribution in [0.1, 0.15) is 24.5 Å². The van der Waals surface area contributed by atoms with Gasteiger partial charge in [-0.05, 0) is 42.8 Å². The summed E-state index contributed by atoms with van der Waals surface area (Å²) < 4.78 is 75.8. The van der Waals surface area contributed by atoms with Gasteiger partial charge in [-0.2, -0.15) is 18.4 Å². The molecule has 0 radical (unpaired) electrons. The van der Waals surface area contributed by atoms with Crippen molar-refractivity contribution in [2.24, 2.45) is 0 Å². The van der Waals surface area contributed by atoms with Crippen LogP contribution in [0.25, 0.3) is 11.1 Å². The van der Waals surface area contributed by atoms with Crippen LogP contribution < -0.4 is 14.8 Å². The lowest BCUT2D eigenvalue weighted by Gasteiger charge is -2.27. The van der Waals surface area contributed by atoms with Crippen molar-refractivity contribution in [3.8, 4) is 22.9 Å². The summed E-state index contributed by atoms with van der Waals surface area (Å²) in [6.45, 7) is 2.66. The van der Waals surface area contributed by atoms with E-state index >= 15 is 0 Å². The number of rotatable bonds is 7. The third kappa shape index (κ3) is 5.78. The van der Waals surface area contributed by atoms with Crippen LogP contribution in [0.5, 0.6) is 5.75 Å². The van der Waals surface area contributed by atoms with E-state index < -0.39 is 33.1 Å². The summed E-state index contributed by atoms with van der Waals surface area (Å²) in [6.07, 6.45) is -4.03. The third-order valence-corrected chi connectivity index (χ3v) is 8.84. The minimum absolute atomic E-state index is 0.0822. The molecule has 12 heteroatoms. The number of hydrogen-bond acceptors (Lipinski definition) is 6. The van der Waals surface area contributed by atoms with Crippen molar-refractivity contribution in [1.29, 1.82) is 5.26 Å². The van der Waals surface area contributed by atoms with Gasteiger partial charge in [-0.1, -0.05) is 35.9 Å². The van der Waals surface area contributed by atoms with Crippen LogP contribution in [-0.4, -0.2) is 27.1 Å². The van der Waals surface area contributed by atoms with E-state index in [1.165, 1.54) is 6.07 Å². The van der Waals surface area contributed by atoms with Gasteiger partial charge in [-0.15, -0.1) is 11.3 Å². The van der Waals surface area contributed by atoms with Crippen molar-refractivity contribution < 1.29 is 26.3 Å². The van der Waals surface area contributed by atoms with Crippen LogP contribution in [0, 0.1) is 11.3 Å². The quantitative estimate of drug-likeness (QED) is 0.368. The standard InChI is InChI=1S/C24H21ClF3N3O3S2/c1-23(8-10-30-14-23)34-20-12-17(5-6-19(20)24(26,27)28)31-36(32,33)22-18(13-21(25)35-22)16-4-2-3-15(11-16)7-9-29/h2-6,11-13,30-31H,7-8,10,14H2,1H3/t23-/m1/s1. The van der Waals surface area contributed by atoms with Crippen LogP contribution in [0.2, 0.25) is 4.34 Å². The predicted octanol–water partition coefficient (Wildman–Crippen LogP) is 6.08. The Morgan fingerprint density at radius 1 is 1.25 bits per heavy atom. The van der Waals surface area contributed by atoms with E-state index in [1.807, 2.05) is 6.07 Å². The fraction of sp³-hybridized carbons (Fsp3) is 0.292. The summed E-state index contributed by atoms with van der Waals surface area (Å²) >= 11 is 6.98. The molecule has 0 aliphatic carbocycles. The number of sulfonamides is 1. The third-order valence-electron chi connectivity index (χ3n) is 5.66. The number of nitriles is 1. The van der Waals surface area contributed by atoms with Crippen LogP contribution in [0.3, 0.4) is 0 Å². The van der Waals surface area contributed by atoms with E-state index in [4.69, 9.17) is 21.6 Å². The van der Waals surface area contributed by atoms with Crippen molar-refractivity contribution >= 4 is 38.6 Å². The smallest absolute Gasteiger partial charge is 0.419 e. The summed E-state index contributed by atoms with van der Waals surface area (Å²) in [5.41, 5.74) is -0.364. The van der Waals surface area contributed by atoms with Crippen molar-refractivity contribution in [2.45, 2.75) is 35.8 Å². The SMILES string of the molecule is C[C@@]1(Oc2cc(NS(=O)(=O)c3sc(Cl)cc3-c3cccc(CC#N)c3)ccc2C(F)(F)F)CCNC1. The van der Waals surface area contributed by atoms with E-state index in [0.29, 0.717) is 36.2 Å². The van der Waals surface area contributed by atoms with Crippen LogP contribution >= 0.6 is 22.9 Å². The van der Waals surface area contributed by atoms with Gasteiger partial charge in [0, 0.05) is 24.6 Å². The first-order chi connectivity index (χ1) is 16.9. The van der Waals surface area contributed by atoms with Gasteiger partial charge in [0.25, 0.3) is 10.0 Å². The maximum absolute atomic E-state index is 13.6. The lowest BCUT2D eigenvalue weighted by atomic mass is 10.0. The van der Waals surface area contributed by atoms with E-state index in [0.717, 1.165) is 29.5 Å². The van der Waals surface area contributed by atoms with Crippen LogP contribution in [0.15, 0.2) is 52.7 Å². The lowest BCUT2D eigenvalue weighted by Crippen LogP contribution is -2.35. The summed E-state index contributed by atoms with van der Waals surface area (Å²) in [7, 11) is -4.23. The Morgan fingerprint density at radius 2 is 2.03 bits per heavy atom. The number of anilines is 1. The molecule has 0 bridgehead atoms. The first-order valence-corrected chi connectivity index (χ1v) is 13.5. The zero-order valence-electron chi connectivity index (χ0n) is 18.9. The molecule has 2 heterocycles. The first kappa shape index (κ1) is 26.3. The summed E-state index contributed by atoms with van der Waals surface area (Å²) in [5.74, 6) is -0.456. The molecule has 4 rings (SSSR count). The highest BCUT2D eigenvalue weighted by molar-refractivity contribution is 7.94. The summed E-state index contributed by atoms with van der Waals surface area (Å²) in [5, 5.41) is 12.0.